The summed E-state index contributed by atoms with van der Waals surface area (Å²) in [7, 11) is 0. The minimum absolute atomic E-state index is 0.0393. The predicted octanol–water partition coefficient (Wildman–Crippen LogP) is 4.29. The second-order valence-electron chi connectivity index (χ2n) is 4.65. The third-order valence-corrected chi connectivity index (χ3v) is 4.14. The monoisotopic (exact) mass is 401 g/mol. The van der Waals surface area contributed by atoms with Crippen molar-refractivity contribution in [3.05, 3.63) is 45.4 Å². The largest absolute Gasteiger partial charge is 0.444 e. The number of rotatable bonds is 3. The smallest absolute Gasteiger partial charge is 0.217 e. The van der Waals surface area contributed by atoms with E-state index < -0.39 is 0 Å². The van der Waals surface area contributed by atoms with Gasteiger partial charge in [0.2, 0.25) is 5.89 Å². The van der Waals surface area contributed by atoms with E-state index in [1.807, 2.05) is 13.8 Å². The van der Waals surface area contributed by atoms with E-state index in [0.29, 0.717) is 11.8 Å². The van der Waals surface area contributed by atoms with Crippen LogP contribution in [-0.4, -0.2) is 14.5 Å². The molecule has 3 rings (SSSR count). The number of hydrogen-bond acceptors (Lipinski definition) is 3. The van der Waals surface area contributed by atoms with Gasteiger partial charge in [0.05, 0.1) is 23.1 Å². The Morgan fingerprint density at radius 3 is 2.90 bits per heavy atom. The first-order chi connectivity index (χ1) is 9.60. The van der Waals surface area contributed by atoms with Crippen molar-refractivity contribution in [2.75, 3.05) is 0 Å². The maximum atomic E-state index is 6.04. The molecule has 0 aliphatic rings. The third kappa shape index (κ3) is 2.33. The molecule has 6 heteroatoms. The molecule has 0 fully saturated rings. The molecular weight excluding hydrogens is 389 g/mol. The van der Waals surface area contributed by atoms with Crippen molar-refractivity contribution >= 4 is 45.2 Å². The van der Waals surface area contributed by atoms with Gasteiger partial charge >= 0.3 is 0 Å². The number of hydrogen-bond donors (Lipinski definition) is 0. The van der Waals surface area contributed by atoms with Gasteiger partial charge in [0.15, 0.2) is 0 Å². The fourth-order valence-corrected chi connectivity index (χ4v) is 2.99. The zero-order chi connectivity index (χ0) is 14.3. The predicted molar refractivity (Wildman–Crippen MR) is 87.1 cm³/mol. The molecule has 0 radical (unpaired) electrons. The summed E-state index contributed by atoms with van der Waals surface area (Å²) in [5.74, 6) is 2.66. The molecule has 3 aromatic rings. The van der Waals surface area contributed by atoms with Gasteiger partial charge in [0, 0.05) is 3.57 Å². The Kier molecular flexibility index (Phi) is 3.72. The molecule has 0 N–H and O–H groups in total. The SMILES string of the molecule is Cc1cnc(C(C)n2c(CCl)nc3cc(I)ccc32)o1. The zero-order valence-corrected chi connectivity index (χ0v) is 14.0. The zero-order valence-electron chi connectivity index (χ0n) is 11.1. The number of halogens is 2. The molecule has 0 bridgehead atoms. The molecule has 0 saturated carbocycles. The maximum Gasteiger partial charge on any atom is 0.217 e. The van der Waals surface area contributed by atoms with Gasteiger partial charge in [-0.25, -0.2) is 9.97 Å². The van der Waals surface area contributed by atoms with Crippen molar-refractivity contribution < 1.29 is 4.42 Å². The first kappa shape index (κ1) is 13.9. The molecule has 20 heavy (non-hydrogen) atoms. The van der Waals surface area contributed by atoms with Crippen LogP contribution in [0.1, 0.15) is 30.4 Å². The number of imidazole rings is 1. The van der Waals surface area contributed by atoms with E-state index in [1.54, 1.807) is 6.20 Å². The molecule has 1 aromatic carbocycles. The summed E-state index contributed by atoms with van der Waals surface area (Å²) in [6.07, 6.45) is 1.73. The number of alkyl halides is 1. The topological polar surface area (TPSA) is 43.9 Å². The van der Waals surface area contributed by atoms with Gasteiger partial charge in [-0.2, -0.15) is 0 Å². The normalized spacial score (nSPS) is 13.0. The molecular formula is C14H13ClIN3O. The number of benzene rings is 1. The summed E-state index contributed by atoms with van der Waals surface area (Å²) in [4.78, 5) is 8.91. The lowest BCUT2D eigenvalue weighted by molar-refractivity contribution is 0.415. The van der Waals surface area contributed by atoms with Crippen LogP contribution in [0.15, 0.2) is 28.8 Å². The summed E-state index contributed by atoms with van der Waals surface area (Å²) in [5.41, 5.74) is 1.99. The molecule has 1 atom stereocenters. The van der Waals surface area contributed by atoms with E-state index in [9.17, 15) is 0 Å². The Bertz CT molecular complexity index is 765. The molecule has 0 saturated heterocycles. The molecule has 0 amide bonds. The van der Waals surface area contributed by atoms with Crippen molar-refractivity contribution in [1.82, 2.24) is 14.5 Å². The lowest BCUT2D eigenvalue weighted by Crippen LogP contribution is -2.10. The second kappa shape index (κ2) is 5.37. The lowest BCUT2D eigenvalue weighted by Gasteiger charge is -2.13. The Labute approximate surface area is 135 Å². The van der Waals surface area contributed by atoms with Crippen molar-refractivity contribution in [3.63, 3.8) is 0 Å². The van der Waals surface area contributed by atoms with Crippen LogP contribution in [0.4, 0.5) is 0 Å². The third-order valence-electron chi connectivity index (χ3n) is 3.23. The van der Waals surface area contributed by atoms with Crippen LogP contribution in [0.2, 0.25) is 0 Å². The van der Waals surface area contributed by atoms with E-state index in [1.165, 1.54) is 0 Å². The molecule has 0 aliphatic carbocycles. The van der Waals surface area contributed by atoms with E-state index in [4.69, 9.17) is 16.0 Å². The fourth-order valence-electron chi connectivity index (χ4n) is 2.32. The van der Waals surface area contributed by atoms with E-state index in [-0.39, 0.29) is 6.04 Å². The van der Waals surface area contributed by atoms with Gasteiger partial charge in [-0.15, -0.1) is 11.6 Å². The first-order valence-electron chi connectivity index (χ1n) is 6.25. The lowest BCUT2D eigenvalue weighted by atomic mass is 10.2. The Morgan fingerprint density at radius 2 is 2.25 bits per heavy atom. The van der Waals surface area contributed by atoms with Crippen molar-refractivity contribution in [2.24, 2.45) is 0 Å². The van der Waals surface area contributed by atoms with Crippen LogP contribution < -0.4 is 0 Å². The highest BCUT2D eigenvalue weighted by Crippen LogP contribution is 2.27. The summed E-state index contributed by atoms with van der Waals surface area (Å²) in [6, 6.07) is 6.14. The van der Waals surface area contributed by atoms with Gasteiger partial charge in [0.1, 0.15) is 17.6 Å². The number of fused-ring (bicyclic) bond motifs is 1. The van der Waals surface area contributed by atoms with Crippen LogP contribution in [0.5, 0.6) is 0 Å². The highest BCUT2D eigenvalue weighted by atomic mass is 127. The Balaban J connectivity index is 2.18. The molecule has 0 aliphatic heterocycles. The van der Waals surface area contributed by atoms with E-state index in [2.05, 4.69) is 55.3 Å². The molecule has 1 unspecified atom stereocenters. The number of nitrogens with zero attached hydrogens (tertiary/aromatic N) is 3. The first-order valence-corrected chi connectivity index (χ1v) is 7.86. The van der Waals surface area contributed by atoms with Crippen LogP contribution in [0.25, 0.3) is 11.0 Å². The van der Waals surface area contributed by atoms with Crippen LogP contribution in [-0.2, 0) is 5.88 Å². The van der Waals surface area contributed by atoms with E-state index in [0.717, 1.165) is 26.2 Å². The van der Waals surface area contributed by atoms with Crippen molar-refractivity contribution in [1.29, 1.82) is 0 Å². The Hall–Kier alpha value is -1.08. The molecule has 4 nitrogen and oxygen atoms in total. The quantitative estimate of drug-likeness (QED) is 0.486. The van der Waals surface area contributed by atoms with Gasteiger partial charge in [-0.3, -0.25) is 0 Å². The minimum Gasteiger partial charge on any atom is -0.444 e. The number of aromatic nitrogens is 3. The van der Waals surface area contributed by atoms with Crippen molar-refractivity contribution in [2.45, 2.75) is 25.8 Å². The van der Waals surface area contributed by atoms with Gasteiger partial charge in [-0.05, 0) is 54.6 Å². The highest BCUT2D eigenvalue weighted by Gasteiger charge is 2.20. The number of oxazole rings is 1. The van der Waals surface area contributed by atoms with Gasteiger partial charge < -0.3 is 8.98 Å². The average molecular weight is 402 g/mol. The summed E-state index contributed by atoms with van der Waals surface area (Å²) in [6.45, 7) is 3.93. The van der Waals surface area contributed by atoms with Gasteiger partial charge in [-0.1, -0.05) is 0 Å². The minimum atomic E-state index is -0.0393. The summed E-state index contributed by atoms with van der Waals surface area (Å²) in [5, 5.41) is 0. The van der Waals surface area contributed by atoms with Crippen LogP contribution in [0.3, 0.4) is 0 Å². The Morgan fingerprint density at radius 1 is 1.45 bits per heavy atom. The summed E-state index contributed by atoms with van der Waals surface area (Å²) >= 11 is 8.32. The fraction of sp³-hybridized carbons (Fsp3) is 0.286. The molecule has 2 aromatic heterocycles. The van der Waals surface area contributed by atoms with Gasteiger partial charge in [0.25, 0.3) is 0 Å². The van der Waals surface area contributed by atoms with E-state index >= 15 is 0 Å². The molecule has 2 heterocycles. The summed E-state index contributed by atoms with van der Waals surface area (Å²) < 4.78 is 8.88. The number of aryl methyl sites for hydroxylation is 1. The molecule has 104 valence electrons. The second-order valence-corrected chi connectivity index (χ2v) is 6.16. The van der Waals surface area contributed by atoms with Crippen molar-refractivity contribution in [3.8, 4) is 0 Å². The van der Waals surface area contributed by atoms with Crippen LogP contribution in [0, 0.1) is 10.5 Å². The van der Waals surface area contributed by atoms with Crippen LogP contribution >= 0.6 is 34.2 Å². The molecule has 0 spiro atoms. The highest BCUT2D eigenvalue weighted by molar-refractivity contribution is 14.1. The average Bonchev–Trinajstić information content (AvgIpc) is 3.00. The standard InChI is InChI=1S/C14H13ClIN3O/c1-8-7-17-14(20-8)9(2)19-12-4-3-10(16)5-11(12)18-13(19)6-15/h3-5,7,9H,6H2,1-2H3. The maximum absolute atomic E-state index is 6.04.